The summed E-state index contributed by atoms with van der Waals surface area (Å²) in [6, 6.07) is 2.99. The molecule has 0 saturated heterocycles. The quantitative estimate of drug-likeness (QED) is 0.898. The summed E-state index contributed by atoms with van der Waals surface area (Å²) in [7, 11) is 0. The molecule has 0 aliphatic heterocycles. The Labute approximate surface area is 103 Å². The molecule has 1 atom stereocenters. The van der Waals surface area contributed by atoms with Gasteiger partial charge in [0, 0.05) is 25.2 Å². The summed E-state index contributed by atoms with van der Waals surface area (Å²) >= 11 is 0. The first-order valence-electron chi connectivity index (χ1n) is 5.29. The Morgan fingerprint density at radius 3 is 2.39 bits per heavy atom. The number of benzene rings is 1. The number of nitrogens with zero attached hydrogens (tertiary/aromatic N) is 1. The van der Waals surface area contributed by atoms with E-state index in [1.807, 2.05) is 0 Å². The van der Waals surface area contributed by atoms with Crippen LogP contribution in [0, 0.1) is 17.6 Å². The van der Waals surface area contributed by atoms with Crippen molar-refractivity contribution in [2.75, 3.05) is 11.4 Å². The second-order valence-electron chi connectivity index (χ2n) is 3.97. The lowest BCUT2D eigenvalue weighted by atomic mass is 10.1. The van der Waals surface area contributed by atoms with Crippen LogP contribution in [0.5, 0.6) is 0 Å². The van der Waals surface area contributed by atoms with Crippen molar-refractivity contribution >= 4 is 17.6 Å². The monoisotopic (exact) mass is 257 g/mol. The van der Waals surface area contributed by atoms with E-state index in [2.05, 4.69) is 0 Å². The Morgan fingerprint density at radius 1 is 1.33 bits per heavy atom. The van der Waals surface area contributed by atoms with Gasteiger partial charge in [-0.15, -0.1) is 0 Å². The van der Waals surface area contributed by atoms with E-state index in [0.717, 1.165) is 17.0 Å². The maximum absolute atomic E-state index is 13.1. The van der Waals surface area contributed by atoms with Crippen LogP contribution < -0.4 is 4.90 Å². The predicted molar refractivity (Wildman–Crippen MR) is 61.2 cm³/mol. The van der Waals surface area contributed by atoms with Crippen molar-refractivity contribution in [3.05, 3.63) is 29.8 Å². The van der Waals surface area contributed by atoms with Crippen LogP contribution in [0.4, 0.5) is 14.5 Å². The zero-order valence-corrected chi connectivity index (χ0v) is 9.98. The zero-order chi connectivity index (χ0) is 13.9. The smallest absolute Gasteiger partial charge is 0.308 e. The highest BCUT2D eigenvalue weighted by atomic mass is 19.2. The average molecular weight is 257 g/mol. The fourth-order valence-corrected chi connectivity index (χ4v) is 1.42. The Kier molecular flexibility index (Phi) is 4.36. The first-order chi connectivity index (χ1) is 8.32. The van der Waals surface area contributed by atoms with E-state index in [9.17, 15) is 18.4 Å². The molecule has 0 aliphatic rings. The molecule has 18 heavy (non-hydrogen) atoms. The van der Waals surface area contributed by atoms with Gasteiger partial charge in [0.15, 0.2) is 11.6 Å². The minimum Gasteiger partial charge on any atom is -0.481 e. The minimum absolute atomic E-state index is 0.101. The third-order valence-corrected chi connectivity index (χ3v) is 2.47. The Morgan fingerprint density at radius 2 is 1.94 bits per heavy atom. The third kappa shape index (κ3) is 3.26. The van der Waals surface area contributed by atoms with Crippen molar-refractivity contribution in [1.29, 1.82) is 0 Å². The average Bonchev–Trinajstić information content (AvgIpc) is 2.29. The molecule has 0 saturated carbocycles. The van der Waals surface area contributed by atoms with Gasteiger partial charge in [0.05, 0.1) is 5.92 Å². The highest BCUT2D eigenvalue weighted by Gasteiger charge is 2.20. The number of carbonyl (C=O) groups excluding carboxylic acids is 1. The molecule has 1 N–H and O–H groups in total. The SMILES string of the molecule is CC(=O)N(CC(C)C(=O)O)c1ccc(F)c(F)c1. The normalized spacial score (nSPS) is 12.0. The molecule has 1 aromatic rings. The van der Waals surface area contributed by atoms with Gasteiger partial charge in [-0.25, -0.2) is 8.78 Å². The molecule has 0 bridgehead atoms. The number of halogens is 2. The van der Waals surface area contributed by atoms with Crippen LogP contribution in [0.1, 0.15) is 13.8 Å². The van der Waals surface area contributed by atoms with Crippen molar-refractivity contribution in [1.82, 2.24) is 0 Å². The van der Waals surface area contributed by atoms with Crippen molar-refractivity contribution in [2.45, 2.75) is 13.8 Å². The first-order valence-corrected chi connectivity index (χ1v) is 5.29. The van der Waals surface area contributed by atoms with Crippen LogP contribution in [0.25, 0.3) is 0 Å². The van der Waals surface area contributed by atoms with E-state index in [1.54, 1.807) is 0 Å². The number of rotatable bonds is 4. The zero-order valence-electron chi connectivity index (χ0n) is 9.98. The summed E-state index contributed by atoms with van der Waals surface area (Å²) in [5.41, 5.74) is 0.134. The molecule has 1 aromatic carbocycles. The van der Waals surface area contributed by atoms with Gasteiger partial charge in [0.2, 0.25) is 5.91 Å². The van der Waals surface area contributed by atoms with Crippen LogP contribution in [0.15, 0.2) is 18.2 Å². The summed E-state index contributed by atoms with van der Waals surface area (Å²) < 4.78 is 25.9. The van der Waals surface area contributed by atoms with Gasteiger partial charge < -0.3 is 10.0 Å². The molecule has 4 nitrogen and oxygen atoms in total. The molecule has 6 heteroatoms. The Bertz CT molecular complexity index is 476. The highest BCUT2D eigenvalue weighted by Crippen LogP contribution is 2.19. The van der Waals surface area contributed by atoms with Crippen LogP contribution in [-0.2, 0) is 9.59 Å². The lowest BCUT2D eigenvalue weighted by molar-refractivity contribution is -0.140. The summed E-state index contributed by atoms with van der Waals surface area (Å²) in [4.78, 5) is 23.3. The molecule has 0 fully saturated rings. The summed E-state index contributed by atoms with van der Waals surface area (Å²) in [5.74, 6) is -4.41. The first kappa shape index (κ1) is 14.1. The van der Waals surface area contributed by atoms with Crippen LogP contribution in [-0.4, -0.2) is 23.5 Å². The maximum Gasteiger partial charge on any atom is 0.308 e. The molecule has 0 aliphatic carbocycles. The molecule has 1 rings (SSSR count). The van der Waals surface area contributed by atoms with Crippen molar-refractivity contribution in [2.24, 2.45) is 5.92 Å². The number of hydrogen-bond donors (Lipinski definition) is 1. The van der Waals surface area contributed by atoms with E-state index in [0.29, 0.717) is 0 Å². The molecule has 1 unspecified atom stereocenters. The van der Waals surface area contributed by atoms with Gasteiger partial charge in [-0.3, -0.25) is 9.59 Å². The number of carboxylic acid groups (broad SMARTS) is 1. The topological polar surface area (TPSA) is 57.6 Å². The van der Waals surface area contributed by atoms with E-state index >= 15 is 0 Å². The lowest BCUT2D eigenvalue weighted by Gasteiger charge is -2.23. The van der Waals surface area contributed by atoms with Crippen molar-refractivity contribution in [3.63, 3.8) is 0 Å². The van der Waals surface area contributed by atoms with E-state index < -0.39 is 29.4 Å². The van der Waals surface area contributed by atoms with Gasteiger partial charge in [-0.1, -0.05) is 6.92 Å². The molecule has 0 radical (unpaired) electrons. The number of carboxylic acids is 1. The van der Waals surface area contributed by atoms with Gasteiger partial charge in [0.25, 0.3) is 0 Å². The Hall–Kier alpha value is -1.98. The number of hydrogen-bond acceptors (Lipinski definition) is 2. The van der Waals surface area contributed by atoms with Gasteiger partial charge in [-0.05, 0) is 12.1 Å². The van der Waals surface area contributed by atoms with E-state index in [-0.39, 0.29) is 12.2 Å². The molecular formula is C12H13F2NO3. The van der Waals surface area contributed by atoms with Gasteiger partial charge >= 0.3 is 5.97 Å². The summed E-state index contributed by atoms with van der Waals surface area (Å²) in [5, 5.41) is 8.79. The molecule has 98 valence electrons. The largest absolute Gasteiger partial charge is 0.481 e. The standard InChI is InChI=1S/C12H13F2NO3/c1-7(12(17)18)6-15(8(2)16)9-3-4-10(13)11(14)5-9/h3-5,7H,6H2,1-2H3,(H,17,18). The predicted octanol–water partition coefficient (Wildman–Crippen LogP) is 2.04. The number of carbonyl (C=O) groups is 2. The van der Waals surface area contributed by atoms with Crippen LogP contribution in [0.3, 0.4) is 0 Å². The van der Waals surface area contributed by atoms with Gasteiger partial charge in [0.1, 0.15) is 0 Å². The molecule has 1 amide bonds. The van der Waals surface area contributed by atoms with E-state index in [1.165, 1.54) is 19.9 Å². The van der Waals surface area contributed by atoms with Crippen molar-refractivity contribution in [3.8, 4) is 0 Å². The molecule has 0 aromatic heterocycles. The highest BCUT2D eigenvalue weighted by molar-refractivity contribution is 5.92. The fraction of sp³-hybridized carbons (Fsp3) is 0.333. The second-order valence-corrected chi connectivity index (χ2v) is 3.97. The fourth-order valence-electron chi connectivity index (χ4n) is 1.42. The minimum atomic E-state index is -1.08. The summed E-state index contributed by atoms with van der Waals surface area (Å²) in [6.07, 6.45) is 0. The van der Waals surface area contributed by atoms with Gasteiger partial charge in [-0.2, -0.15) is 0 Å². The lowest BCUT2D eigenvalue weighted by Crippen LogP contribution is -2.35. The molecule has 0 spiro atoms. The van der Waals surface area contributed by atoms with Crippen molar-refractivity contribution < 1.29 is 23.5 Å². The number of aliphatic carboxylic acids is 1. The van der Waals surface area contributed by atoms with Crippen LogP contribution >= 0.6 is 0 Å². The number of anilines is 1. The molecule has 0 heterocycles. The second kappa shape index (κ2) is 5.57. The molecular weight excluding hydrogens is 244 g/mol. The maximum atomic E-state index is 13.1. The Balaban J connectivity index is 3.01. The summed E-state index contributed by atoms with van der Waals surface area (Å²) in [6.45, 7) is 2.56. The van der Waals surface area contributed by atoms with Crippen LogP contribution in [0.2, 0.25) is 0 Å². The number of amides is 1. The third-order valence-electron chi connectivity index (χ3n) is 2.47. The van der Waals surface area contributed by atoms with E-state index in [4.69, 9.17) is 5.11 Å².